The first-order chi connectivity index (χ1) is 6.07. The van der Waals surface area contributed by atoms with E-state index in [0.717, 1.165) is 6.20 Å². The molecule has 1 N–H and O–H groups in total. The maximum atomic E-state index is 12.8. The van der Waals surface area contributed by atoms with Gasteiger partial charge in [0.25, 0.3) is 6.43 Å². The largest absolute Gasteiger partial charge is 0.392 e. The number of aliphatic hydroxyl groups is 1. The quantitative estimate of drug-likeness (QED) is 0.775. The molecule has 0 aromatic carbocycles. The molecule has 1 aromatic rings. The molecule has 1 aromatic heterocycles. The van der Waals surface area contributed by atoms with Crippen LogP contribution in [-0.4, -0.2) is 10.1 Å². The number of halogens is 3. The molecule has 72 valence electrons. The third kappa shape index (κ3) is 1.80. The highest BCUT2D eigenvalue weighted by Gasteiger charge is 2.17. The topological polar surface area (TPSA) is 33.1 Å². The average Bonchev–Trinajstić information content (AvgIpc) is 2.09. The average molecular weight is 191 g/mol. The Morgan fingerprint density at radius 3 is 2.62 bits per heavy atom. The Hall–Kier alpha value is -1.10. The van der Waals surface area contributed by atoms with Gasteiger partial charge in [0.15, 0.2) is 0 Å². The Labute approximate surface area is 73.0 Å². The van der Waals surface area contributed by atoms with Crippen molar-refractivity contribution in [2.75, 3.05) is 0 Å². The summed E-state index contributed by atoms with van der Waals surface area (Å²) in [6, 6.07) is 0. The molecule has 0 amide bonds. The lowest BCUT2D eigenvalue weighted by molar-refractivity contribution is 0.141. The predicted octanol–water partition coefficient (Wildman–Crippen LogP) is 1.96. The lowest BCUT2D eigenvalue weighted by Crippen LogP contribution is -2.03. The van der Waals surface area contributed by atoms with E-state index in [0.29, 0.717) is 0 Å². The van der Waals surface area contributed by atoms with Crippen molar-refractivity contribution in [1.29, 1.82) is 0 Å². The summed E-state index contributed by atoms with van der Waals surface area (Å²) in [5.41, 5.74) is -0.663. The zero-order valence-corrected chi connectivity index (χ0v) is 6.89. The van der Waals surface area contributed by atoms with E-state index < -0.39 is 24.5 Å². The second kappa shape index (κ2) is 3.74. The van der Waals surface area contributed by atoms with Crippen LogP contribution < -0.4 is 0 Å². The maximum Gasteiger partial charge on any atom is 0.280 e. The summed E-state index contributed by atoms with van der Waals surface area (Å²) in [5.74, 6) is -0.687. The minimum Gasteiger partial charge on any atom is -0.392 e. The molecule has 0 saturated carbocycles. The van der Waals surface area contributed by atoms with Gasteiger partial charge in [0.2, 0.25) is 0 Å². The van der Waals surface area contributed by atoms with Crippen LogP contribution in [0.1, 0.15) is 23.2 Å². The van der Waals surface area contributed by atoms with E-state index >= 15 is 0 Å². The van der Waals surface area contributed by atoms with Gasteiger partial charge in [-0.15, -0.1) is 0 Å². The van der Waals surface area contributed by atoms with Gasteiger partial charge in [-0.2, -0.15) is 0 Å². The number of aromatic nitrogens is 1. The molecule has 0 unspecified atom stereocenters. The maximum absolute atomic E-state index is 12.8. The van der Waals surface area contributed by atoms with Crippen molar-refractivity contribution in [3.05, 3.63) is 28.8 Å². The molecule has 1 heterocycles. The summed E-state index contributed by atoms with van der Waals surface area (Å²) in [5, 5.41) is 8.73. The highest BCUT2D eigenvalue weighted by atomic mass is 19.3. The molecule has 1 rings (SSSR count). The van der Waals surface area contributed by atoms with E-state index in [4.69, 9.17) is 5.11 Å². The number of nitrogens with zero attached hydrogens (tertiary/aromatic N) is 1. The second-order valence-corrected chi connectivity index (χ2v) is 2.55. The number of aliphatic hydroxyl groups excluding tert-OH is 1. The fraction of sp³-hybridized carbons (Fsp3) is 0.375. The summed E-state index contributed by atoms with van der Waals surface area (Å²) in [6.45, 7) is 0.699. The molecule has 0 aliphatic heterocycles. The van der Waals surface area contributed by atoms with Crippen LogP contribution in [0.3, 0.4) is 0 Å². The van der Waals surface area contributed by atoms with Crippen LogP contribution in [-0.2, 0) is 6.61 Å². The van der Waals surface area contributed by atoms with Gasteiger partial charge < -0.3 is 5.11 Å². The van der Waals surface area contributed by atoms with Gasteiger partial charge in [-0.3, -0.25) is 4.98 Å². The summed E-state index contributed by atoms with van der Waals surface area (Å²) in [4.78, 5) is 3.22. The fourth-order valence-electron chi connectivity index (χ4n) is 1.02. The summed E-state index contributed by atoms with van der Waals surface area (Å²) in [7, 11) is 0. The lowest BCUT2D eigenvalue weighted by atomic mass is 10.1. The van der Waals surface area contributed by atoms with E-state index in [-0.39, 0.29) is 11.1 Å². The third-order valence-corrected chi connectivity index (χ3v) is 1.80. The standard InChI is InChI=1S/C8H8F3NO/c1-4-5(3-13)7(8(10)11)12-2-6(4)9/h2,8,13H,3H2,1H3. The van der Waals surface area contributed by atoms with Gasteiger partial charge in [0.1, 0.15) is 11.5 Å². The van der Waals surface area contributed by atoms with Gasteiger partial charge in [-0.1, -0.05) is 0 Å². The lowest BCUT2D eigenvalue weighted by Gasteiger charge is -2.08. The minimum atomic E-state index is -2.79. The molecular formula is C8H8F3NO. The second-order valence-electron chi connectivity index (χ2n) is 2.55. The highest BCUT2D eigenvalue weighted by molar-refractivity contribution is 5.30. The van der Waals surface area contributed by atoms with Crippen LogP contribution in [0.2, 0.25) is 0 Å². The fourth-order valence-corrected chi connectivity index (χ4v) is 1.02. The first kappa shape index (κ1) is 9.98. The Kier molecular flexibility index (Phi) is 2.87. The van der Waals surface area contributed by atoms with Crippen molar-refractivity contribution in [2.45, 2.75) is 20.0 Å². The molecule has 0 fully saturated rings. The van der Waals surface area contributed by atoms with Crippen LogP contribution in [0.25, 0.3) is 0 Å². The van der Waals surface area contributed by atoms with Crippen molar-refractivity contribution >= 4 is 0 Å². The van der Waals surface area contributed by atoms with Crippen molar-refractivity contribution in [3.63, 3.8) is 0 Å². The van der Waals surface area contributed by atoms with Crippen molar-refractivity contribution < 1.29 is 18.3 Å². The first-order valence-electron chi connectivity index (χ1n) is 3.60. The van der Waals surface area contributed by atoms with Crippen molar-refractivity contribution in [3.8, 4) is 0 Å². The Morgan fingerprint density at radius 1 is 1.54 bits per heavy atom. The molecule has 0 saturated heterocycles. The molecule has 13 heavy (non-hydrogen) atoms. The van der Waals surface area contributed by atoms with Crippen LogP contribution in [0.5, 0.6) is 0 Å². The van der Waals surface area contributed by atoms with Crippen LogP contribution in [0, 0.1) is 12.7 Å². The SMILES string of the molecule is Cc1c(F)cnc(C(F)F)c1CO. The number of rotatable bonds is 2. The molecular weight excluding hydrogens is 183 g/mol. The first-order valence-corrected chi connectivity index (χ1v) is 3.60. The zero-order chi connectivity index (χ0) is 10.0. The number of hydrogen-bond acceptors (Lipinski definition) is 2. The van der Waals surface area contributed by atoms with E-state index in [1.54, 1.807) is 0 Å². The minimum absolute atomic E-state index is 0.0211. The summed E-state index contributed by atoms with van der Waals surface area (Å²) < 4.78 is 37.3. The van der Waals surface area contributed by atoms with Crippen LogP contribution in [0.4, 0.5) is 13.2 Å². The molecule has 0 radical (unpaired) electrons. The van der Waals surface area contributed by atoms with E-state index in [9.17, 15) is 13.2 Å². The molecule has 0 aliphatic rings. The molecule has 0 atom stereocenters. The predicted molar refractivity (Wildman–Crippen MR) is 39.8 cm³/mol. The molecule has 0 aliphatic carbocycles. The Morgan fingerprint density at radius 2 is 2.15 bits per heavy atom. The van der Waals surface area contributed by atoms with E-state index in [2.05, 4.69) is 4.98 Å². The number of pyridine rings is 1. The molecule has 5 heteroatoms. The normalized spacial score (nSPS) is 10.9. The summed E-state index contributed by atoms with van der Waals surface area (Å²) in [6.07, 6.45) is -2.06. The van der Waals surface area contributed by atoms with Gasteiger partial charge in [0.05, 0.1) is 12.8 Å². The zero-order valence-electron chi connectivity index (χ0n) is 6.89. The summed E-state index contributed by atoms with van der Waals surface area (Å²) >= 11 is 0. The molecule has 2 nitrogen and oxygen atoms in total. The Bertz CT molecular complexity index is 315. The van der Waals surface area contributed by atoms with E-state index in [1.165, 1.54) is 6.92 Å². The van der Waals surface area contributed by atoms with Crippen LogP contribution >= 0.6 is 0 Å². The molecule has 0 bridgehead atoms. The van der Waals surface area contributed by atoms with Gasteiger partial charge >= 0.3 is 0 Å². The van der Waals surface area contributed by atoms with Crippen molar-refractivity contribution in [2.24, 2.45) is 0 Å². The molecule has 0 spiro atoms. The van der Waals surface area contributed by atoms with Crippen molar-refractivity contribution in [1.82, 2.24) is 4.98 Å². The number of hydrogen-bond donors (Lipinski definition) is 1. The van der Waals surface area contributed by atoms with Gasteiger partial charge in [-0.05, 0) is 12.5 Å². The highest BCUT2D eigenvalue weighted by Crippen LogP contribution is 2.24. The number of alkyl halides is 2. The van der Waals surface area contributed by atoms with Gasteiger partial charge in [-0.25, -0.2) is 13.2 Å². The van der Waals surface area contributed by atoms with Crippen LogP contribution in [0.15, 0.2) is 6.20 Å². The smallest absolute Gasteiger partial charge is 0.280 e. The third-order valence-electron chi connectivity index (χ3n) is 1.80. The van der Waals surface area contributed by atoms with Gasteiger partial charge in [0, 0.05) is 5.56 Å². The monoisotopic (exact) mass is 191 g/mol. The van der Waals surface area contributed by atoms with E-state index in [1.807, 2.05) is 0 Å². The Balaban J connectivity index is 3.30.